The van der Waals surface area contributed by atoms with Crippen LogP contribution in [-0.4, -0.2) is 16.6 Å². The van der Waals surface area contributed by atoms with Crippen molar-refractivity contribution < 1.29 is 9.59 Å². The summed E-state index contributed by atoms with van der Waals surface area (Å²) >= 11 is 0. The van der Waals surface area contributed by atoms with Crippen LogP contribution in [0.5, 0.6) is 0 Å². The van der Waals surface area contributed by atoms with Crippen LogP contribution in [-0.2, 0) is 0 Å². The Bertz CT molecular complexity index is 659. The van der Waals surface area contributed by atoms with E-state index in [2.05, 4.69) is 4.98 Å². The van der Waals surface area contributed by atoms with Crippen LogP contribution in [0.4, 0.5) is 0 Å². The molecule has 0 saturated carbocycles. The normalized spacial score (nSPS) is 13.2. The highest BCUT2D eigenvalue weighted by Gasteiger charge is 2.29. The number of pyridine rings is 1. The number of aryl methyl sites for hydroxylation is 1. The second-order valence-corrected chi connectivity index (χ2v) is 4.08. The van der Waals surface area contributed by atoms with Gasteiger partial charge < -0.3 is 0 Å². The molecule has 2 aromatic rings. The van der Waals surface area contributed by atoms with Crippen molar-refractivity contribution in [3.8, 4) is 0 Å². The van der Waals surface area contributed by atoms with Gasteiger partial charge in [-0.05, 0) is 13.0 Å². The van der Waals surface area contributed by atoms with Crippen molar-refractivity contribution in [2.45, 2.75) is 6.92 Å². The topological polar surface area (TPSA) is 47.0 Å². The summed E-state index contributed by atoms with van der Waals surface area (Å²) in [5.41, 5.74) is 2.55. The molecule has 3 heteroatoms. The number of rotatable bonds is 0. The van der Waals surface area contributed by atoms with E-state index < -0.39 is 0 Å². The first-order valence-electron chi connectivity index (χ1n) is 5.33. The molecule has 1 aromatic heterocycles. The number of nitrogens with zero attached hydrogens (tertiary/aromatic N) is 1. The van der Waals surface area contributed by atoms with Crippen LogP contribution in [0.1, 0.15) is 37.5 Å². The van der Waals surface area contributed by atoms with Gasteiger partial charge in [-0.25, -0.2) is 0 Å². The molecule has 3 nitrogen and oxygen atoms in total. The van der Waals surface area contributed by atoms with E-state index >= 15 is 0 Å². The molecule has 1 aliphatic rings. The Morgan fingerprint density at radius 1 is 0.882 bits per heavy atom. The minimum atomic E-state index is -0.122. The van der Waals surface area contributed by atoms with Gasteiger partial charge >= 0.3 is 0 Å². The molecule has 0 fully saturated rings. The fraction of sp³-hybridized carbons (Fsp3) is 0.0714. The van der Waals surface area contributed by atoms with Crippen LogP contribution in [0.2, 0.25) is 0 Å². The fourth-order valence-electron chi connectivity index (χ4n) is 2.10. The van der Waals surface area contributed by atoms with Gasteiger partial charge in [-0.15, -0.1) is 0 Å². The first-order valence-corrected chi connectivity index (χ1v) is 5.33. The standard InChI is InChI=1S/C14H9NO2/c1-8-6-11-12(7-15-8)14(17)10-5-3-2-4-9(10)13(11)16/h2-7H,1H3. The van der Waals surface area contributed by atoms with Gasteiger partial charge in [0, 0.05) is 28.6 Å². The minimum Gasteiger partial charge on any atom is -0.289 e. The number of hydrogen-bond acceptors (Lipinski definition) is 3. The number of ketones is 2. The second kappa shape index (κ2) is 3.35. The molecular formula is C14H9NO2. The summed E-state index contributed by atoms with van der Waals surface area (Å²) in [5.74, 6) is -0.219. The molecule has 3 rings (SSSR count). The Labute approximate surface area is 98.1 Å². The summed E-state index contributed by atoms with van der Waals surface area (Å²) in [6.07, 6.45) is 1.49. The maximum atomic E-state index is 12.2. The zero-order chi connectivity index (χ0) is 12.0. The zero-order valence-corrected chi connectivity index (χ0v) is 9.23. The van der Waals surface area contributed by atoms with E-state index in [0.717, 1.165) is 5.69 Å². The van der Waals surface area contributed by atoms with Gasteiger partial charge in [-0.2, -0.15) is 0 Å². The average molecular weight is 223 g/mol. The van der Waals surface area contributed by atoms with Gasteiger partial charge in [0.05, 0.1) is 5.56 Å². The molecule has 0 atom stereocenters. The minimum absolute atomic E-state index is 0.0966. The molecule has 82 valence electrons. The Balaban J connectivity index is 2.33. The van der Waals surface area contributed by atoms with E-state index in [0.29, 0.717) is 22.3 Å². The van der Waals surface area contributed by atoms with Gasteiger partial charge in [0.25, 0.3) is 0 Å². The Hall–Kier alpha value is -2.29. The molecule has 0 unspecified atom stereocenters. The van der Waals surface area contributed by atoms with Crippen LogP contribution in [0.3, 0.4) is 0 Å². The van der Waals surface area contributed by atoms with Crippen molar-refractivity contribution in [1.82, 2.24) is 4.98 Å². The highest BCUT2D eigenvalue weighted by molar-refractivity contribution is 6.28. The van der Waals surface area contributed by atoms with Crippen LogP contribution >= 0.6 is 0 Å². The molecule has 0 radical (unpaired) electrons. The van der Waals surface area contributed by atoms with Crippen molar-refractivity contribution in [2.24, 2.45) is 0 Å². The van der Waals surface area contributed by atoms with Crippen molar-refractivity contribution >= 4 is 11.6 Å². The second-order valence-electron chi connectivity index (χ2n) is 4.08. The van der Waals surface area contributed by atoms with Gasteiger partial charge in [0.1, 0.15) is 0 Å². The van der Waals surface area contributed by atoms with E-state index in [9.17, 15) is 9.59 Å². The summed E-state index contributed by atoms with van der Waals surface area (Å²) in [5, 5.41) is 0. The lowest BCUT2D eigenvalue weighted by molar-refractivity contribution is 0.0978. The number of carbonyl (C=O) groups excluding carboxylic acids is 2. The molecule has 0 spiro atoms. The molecule has 0 N–H and O–H groups in total. The Morgan fingerprint density at radius 3 is 2.12 bits per heavy atom. The molecular weight excluding hydrogens is 214 g/mol. The van der Waals surface area contributed by atoms with E-state index in [4.69, 9.17) is 0 Å². The molecule has 17 heavy (non-hydrogen) atoms. The molecule has 1 aliphatic carbocycles. The zero-order valence-electron chi connectivity index (χ0n) is 9.23. The van der Waals surface area contributed by atoms with E-state index in [1.807, 2.05) is 0 Å². The Kier molecular flexibility index (Phi) is 1.95. The largest absolute Gasteiger partial charge is 0.289 e. The lowest BCUT2D eigenvalue weighted by Gasteiger charge is -2.16. The SMILES string of the molecule is Cc1cc2c(cn1)C(=O)c1ccccc1C2=O. The molecule has 0 amide bonds. The molecule has 0 bridgehead atoms. The monoisotopic (exact) mass is 223 g/mol. The van der Waals surface area contributed by atoms with Crippen molar-refractivity contribution in [1.29, 1.82) is 0 Å². The molecule has 0 aliphatic heterocycles. The van der Waals surface area contributed by atoms with Crippen molar-refractivity contribution in [3.05, 3.63) is 64.5 Å². The summed E-state index contributed by atoms with van der Waals surface area (Å²) in [6.45, 7) is 1.80. The van der Waals surface area contributed by atoms with Crippen molar-refractivity contribution in [3.63, 3.8) is 0 Å². The first kappa shape index (κ1) is 9.90. The molecule has 1 heterocycles. The number of aromatic nitrogens is 1. The Morgan fingerprint density at radius 2 is 1.47 bits per heavy atom. The number of benzene rings is 1. The third kappa shape index (κ3) is 1.32. The van der Waals surface area contributed by atoms with E-state index in [1.54, 1.807) is 37.3 Å². The smallest absolute Gasteiger partial charge is 0.196 e. The molecule has 0 saturated heterocycles. The maximum absolute atomic E-state index is 12.2. The third-order valence-electron chi connectivity index (χ3n) is 2.95. The van der Waals surface area contributed by atoms with Gasteiger partial charge in [-0.1, -0.05) is 24.3 Å². The van der Waals surface area contributed by atoms with Crippen LogP contribution in [0.15, 0.2) is 36.5 Å². The van der Waals surface area contributed by atoms with Crippen LogP contribution < -0.4 is 0 Å². The fourth-order valence-corrected chi connectivity index (χ4v) is 2.10. The lowest BCUT2D eigenvalue weighted by Crippen LogP contribution is -2.21. The average Bonchev–Trinajstić information content (AvgIpc) is 2.36. The first-order chi connectivity index (χ1) is 8.18. The number of carbonyl (C=O) groups is 2. The quantitative estimate of drug-likeness (QED) is 0.586. The molecule has 1 aromatic carbocycles. The van der Waals surface area contributed by atoms with Crippen molar-refractivity contribution in [2.75, 3.05) is 0 Å². The summed E-state index contributed by atoms with van der Waals surface area (Å²) in [6, 6.07) is 8.57. The van der Waals surface area contributed by atoms with E-state index in [-0.39, 0.29) is 11.6 Å². The summed E-state index contributed by atoms with van der Waals surface area (Å²) in [7, 11) is 0. The maximum Gasteiger partial charge on any atom is 0.196 e. The predicted octanol–water partition coefficient (Wildman–Crippen LogP) is 2.17. The highest BCUT2D eigenvalue weighted by atomic mass is 16.1. The predicted molar refractivity (Wildman–Crippen MR) is 62.3 cm³/mol. The summed E-state index contributed by atoms with van der Waals surface area (Å²) < 4.78 is 0. The highest BCUT2D eigenvalue weighted by Crippen LogP contribution is 2.26. The van der Waals surface area contributed by atoms with E-state index in [1.165, 1.54) is 6.20 Å². The lowest BCUT2D eigenvalue weighted by atomic mass is 9.85. The van der Waals surface area contributed by atoms with Crippen LogP contribution in [0, 0.1) is 6.92 Å². The van der Waals surface area contributed by atoms with Gasteiger partial charge in [-0.3, -0.25) is 14.6 Å². The van der Waals surface area contributed by atoms with Gasteiger partial charge in [0.2, 0.25) is 0 Å². The van der Waals surface area contributed by atoms with Crippen LogP contribution in [0.25, 0.3) is 0 Å². The third-order valence-corrected chi connectivity index (χ3v) is 2.95. The summed E-state index contributed by atoms with van der Waals surface area (Å²) in [4.78, 5) is 28.5. The van der Waals surface area contributed by atoms with Gasteiger partial charge in [0.15, 0.2) is 11.6 Å². The number of fused-ring (bicyclic) bond motifs is 2. The number of hydrogen-bond donors (Lipinski definition) is 0.